The Morgan fingerprint density at radius 3 is 1.92 bits per heavy atom. The van der Waals surface area contributed by atoms with Crippen molar-refractivity contribution in [3.8, 4) is 11.5 Å². The number of carbonyl (C=O) groups is 1. The van der Waals surface area contributed by atoms with Gasteiger partial charge in [0.05, 0.1) is 0 Å². The van der Waals surface area contributed by atoms with Crippen LogP contribution in [0.4, 0.5) is 0 Å². The van der Waals surface area contributed by atoms with Gasteiger partial charge in [-0.25, -0.2) is 0 Å². The summed E-state index contributed by atoms with van der Waals surface area (Å²) in [5.74, 6) is 3.99. The largest absolute Gasteiger partial charge is 0.487 e. The Balaban J connectivity index is 0.00000217. The fourth-order valence-electron chi connectivity index (χ4n) is 5.56. The number of carbonyl (C=O) groups excluding carboxylic acids is 3. The molecular weight excluding hydrogens is 464 g/mol. The van der Waals surface area contributed by atoms with Crippen molar-refractivity contribution in [1.82, 2.24) is 0 Å². The molecule has 1 aromatic carbocycles. The van der Waals surface area contributed by atoms with Crippen LogP contribution in [0.3, 0.4) is 0 Å². The van der Waals surface area contributed by atoms with E-state index in [-0.39, 0.29) is 17.7 Å². The van der Waals surface area contributed by atoms with Crippen molar-refractivity contribution in [2.45, 2.75) is 139 Å². The summed E-state index contributed by atoms with van der Waals surface area (Å²) in [6, 6.07) is 0. The van der Waals surface area contributed by atoms with Gasteiger partial charge in [-0.1, -0.05) is 72.6 Å². The molecule has 1 aromatic rings. The van der Waals surface area contributed by atoms with Gasteiger partial charge in [-0.3, -0.25) is 4.79 Å². The third kappa shape index (κ3) is 11.0. The van der Waals surface area contributed by atoms with E-state index in [4.69, 9.17) is 19.1 Å². The second-order valence-electron chi connectivity index (χ2n) is 12.1. The monoisotopic (exact) mass is 516 g/mol. The number of rotatable bonds is 13. The summed E-state index contributed by atoms with van der Waals surface area (Å²) < 4.78 is 12.2. The summed E-state index contributed by atoms with van der Waals surface area (Å²) >= 11 is 0. The van der Waals surface area contributed by atoms with Crippen LogP contribution in [-0.4, -0.2) is 17.7 Å². The van der Waals surface area contributed by atoms with E-state index in [1.807, 2.05) is 6.92 Å². The first-order chi connectivity index (χ1) is 17.3. The third-order valence-electron chi connectivity index (χ3n) is 8.08. The van der Waals surface area contributed by atoms with Crippen LogP contribution in [-0.2, 0) is 20.8 Å². The fraction of sp³-hybridized carbons (Fsp3) is 0.750. The Hall–Kier alpha value is -2.13. The summed E-state index contributed by atoms with van der Waals surface area (Å²) in [5, 5.41) is 0. The van der Waals surface area contributed by atoms with Crippen molar-refractivity contribution in [2.75, 3.05) is 0 Å². The van der Waals surface area contributed by atoms with Crippen molar-refractivity contribution in [1.29, 1.82) is 0 Å². The summed E-state index contributed by atoms with van der Waals surface area (Å²) in [6.07, 6.45) is 14.1. The number of hydrogen-bond donors (Lipinski definition) is 0. The molecule has 0 spiro atoms. The molecule has 0 N–H and O–H groups in total. The smallest absolute Gasteiger partial charge is 0.373 e. The summed E-state index contributed by atoms with van der Waals surface area (Å²) in [6.45, 7) is 19.5. The van der Waals surface area contributed by atoms with Crippen molar-refractivity contribution in [2.24, 2.45) is 17.8 Å². The molecule has 0 bridgehead atoms. The van der Waals surface area contributed by atoms with E-state index >= 15 is 0 Å². The minimum absolute atomic E-state index is 0.107. The minimum atomic E-state index is -0.262. The molecule has 0 saturated heterocycles. The van der Waals surface area contributed by atoms with Crippen LogP contribution in [0.25, 0.3) is 0 Å². The van der Waals surface area contributed by atoms with Crippen LogP contribution in [0.15, 0.2) is 0 Å². The zero-order valence-electron chi connectivity index (χ0n) is 25.1. The maximum Gasteiger partial charge on any atom is 0.373 e. The zero-order valence-corrected chi connectivity index (χ0v) is 25.1. The molecule has 1 heterocycles. The highest BCUT2D eigenvalue weighted by atomic mass is 16.5. The summed E-state index contributed by atoms with van der Waals surface area (Å²) in [4.78, 5) is 27.8. The Kier molecular flexibility index (Phi) is 14.2. The van der Waals surface area contributed by atoms with Crippen molar-refractivity contribution < 1.29 is 23.9 Å². The highest BCUT2D eigenvalue weighted by molar-refractivity contribution is 5.72. The van der Waals surface area contributed by atoms with Gasteiger partial charge in [0.1, 0.15) is 17.1 Å². The highest BCUT2D eigenvalue weighted by Crippen LogP contribution is 2.45. The van der Waals surface area contributed by atoms with Crippen LogP contribution in [0.5, 0.6) is 11.5 Å². The SMILES string of the molecule is CC(=O)Oc1c(C)c(C)c2c(c1C)CCC(C)(CCCC(C)CCCC(C)CCCC(C)C)O2.O=C=O. The number of esters is 1. The van der Waals surface area contributed by atoms with E-state index in [2.05, 4.69) is 48.5 Å². The molecule has 0 amide bonds. The molecular formula is C32H52O5. The van der Waals surface area contributed by atoms with Crippen LogP contribution >= 0.6 is 0 Å². The highest BCUT2D eigenvalue weighted by Gasteiger charge is 2.34. The van der Waals surface area contributed by atoms with E-state index < -0.39 is 0 Å². The first kappa shape index (κ1) is 32.9. The van der Waals surface area contributed by atoms with Crippen LogP contribution in [0.1, 0.15) is 128 Å². The number of fused-ring (bicyclic) bond motifs is 1. The normalized spacial score (nSPS) is 18.1. The minimum Gasteiger partial charge on any atom is -0.487 e. The average molecular weight is 517 g/mol. The van der Waals surface area contributed by atoms with E-state index in [0.29, 0.717) is 0 Å². The lowest BCUT2D eigenvalue weighted by molar-refractivity contribution is -0.191. The summed E-state index contributed by atoms with van der Waals surface area (Å²) in [5.41, 5.74) is 4.29. The Bertz CT molecular complexity index is 897. The lowest BCUT2D eigenvalue weighted by Gasteiger charge is -2.38. The molecule has 1 aliphatic heterocycles. The molecule has 0 saturated carbocycles. The molecule has 0 radical (unpaired) electrons. The quantitative estimate of drug-likeness (QED) is 0.194. The Morgan fingerprint density at radius 2 is 1.41 bits per heavy atom. The predicted octanol–water partition coefficient (Wildman–Crippen LogP) is 8.48. The van der Waals surface area contributed by atoms with E-state index in [9.17, 15) is 4.79 Å². The molecule has 210 valence electrons. The first-order valence-corrected chi connectivity index (χ1v) is 14.3. The maximum atomic E-state index is 11.6. The van der Waals surface area contributed by atoms with Crippen molar-refractivity contribution in [3.05, 3.63) is 22.3 Å². The van der Waals surface area contributed by atoms with Crippen LogP contribution < -0.4 is 9.47 Å². The lowest BCUT2D eigenvalue weighted by atomic mass is 9.83. The van der Waals surface area contributed by atoms with Gasteiger partial charge >= 0.3 is 12.1 Å². The van der Waals surface area contributed by atoms with E-state index in [1.54, 1.807) is 0 Å². The first-order valence-electron chi connectivity index (χ1n) is 14.3. The van der Waals surface area contributed by atoms with Gasteiger partial charge in [0, 0.05) is 12.5 Å². The number of hydrogen-bond acceptors (Lipinski definition) is 5. The fourth-order valence-corrected chi connectivity index (χ4v) is 5.56. The molecule has 5 heteroatoms. The lowest BCUT2D eigenvalue weighted by Crippen LogP contribution is -2.37. The molecule has 1 aliphatic rings. The number of benzene rings is 1. The van der Waals surface area contributed by atoms with Crippen LogP contribution in [0, 0.1) is 38.5 Å². The molecule has 5 nitrogen and oxygen atoms in total. The third-order valence-corrected chi connectivity index (χ3v) is 8.08. The molecule has 0 aromatic heterocycles. The molecule has 2 rings (SSSR count). The van der Waals surface area contributed by atoms with Crippen molar-refractivity contribution in [3.63, 3.8) is 0 Å². The Labute approximate surface area is 226 Å². The topological polar surface area (TPSA) is 69.7 Å². The van der Waals surface area contributed by atoms with Gasteiger partial charge < -0.3 is 9.47 Å². The van der Waals surface area contributed by atoms with Gasteiger partial charge in [0.25, 0.3) is 0 Å². The molecule has 37 heavy (non-hydrogen) atoms. The van der Waals surface area contributed by atoms with Gasteiger partial charge in [-0.15, -0.1) is 0 Å². The van der Waals surface area contributed by atoms with E-state index in [0.717, 1.165) is 65.2 Å². The maximum absolute atomic E-state index is 11.6. The standard InChI is InChI=1S/C31H52O3.CO2/c1-21(2)13-10-14-22(3)15-11-16-23(4)17-12-19-31(9)20-18-28-26(7)29(33-27(8)32)24(5)25(6)30(28)34-31;2-1-3/h21-23H,10-20H2,1-9H3;. The van der Waals surface area contributed by atoms with Crippen molar-refractivity contribution >= 4 is 12.1 Å². The molecule has 3 atom stereocenters. The molecule has 0 fully saturated rings. The van der Waals surface area contributed by atoms with Crippen LogP contribution in [0.2, 0.25) is 0 Å². The van der Waals surface area contributed by atoms with E-state index in [1.165, 1.54) is 63.9 Å². The zero-order chi connectivity index (χ0) is 28.2. The predicted molar refractivity (Wildman–Crippen MR) is 149 cm³/mol. The van der Waals surface area contributed by atoms with Gasteiger partial charge in [-0.2, -0.15) is 9.59 Å². The molecule has 0 aliphatic carbocycles. The second-order valence-corrected chi connectivity index (χ2v) is 12.1. The van der Waals surface area contributed by atoms with Gasteiger partial charge in [0.2, 0.25) is 0 Å². The van der Waals surface area contributed by atoms with Gasteiger partial charge in [-0.05, 0) is 87.8 Å². The average Bonchev–Trinajstić information content (AvgIpc) is 2.80. The van der Waals surface area contributed by atoms with Gasteiger partial charge in [0.15, 0.2) is 0 Å². The number of ether oxygens (including phenoxy) is 2. The molecule has 3 unspecified atom stereocenters. The summed E-state index contributed by atoms with van der Waals surface area (Å²) in [7, 11) is 0. The second kappa shape index (κ2) is 16.0. The Morgan fingerprint density at radius 1 is 0.892 bits per heavy atom.